The summed E-state index contributed by atoms with van der Waals surface area (Å²) in [6.45, 7) is 1.82. The van der Waals surface area contributed by atoms with Crippen molar-refractivity contribution in [3.8, 4) is 28.4 Å². The largest absolute Gasteiger partial charge is 0.492 e. The van der Waals surface area contributed by atoms with E-state index in [-0.39, 0.29) is 12.4 Å². The third kappa shape index (κ3) is 5.22. The van der Waals surface area contributed by atoms with Gasteiger partial charge in [-0.05, 0) is 73.0 Å². The van der Waals surface area contributed by atoms with Gasteiger partial charge < -0.3 is 14.8 Å². The topological polar surface area (TPSA) is 43.4 Å². The molecule has 3 aromatic rings. The average molecular weight is 383 g/mol. The fourth-order valence-electron chi connectivity index (χ4n) is 3.08. The second-order valence-electron chi connectivity index (χ2n) is 6.44. The molecule has 1 unspecified atom stereocenters. The predicted molar refractivity (Wildman–Crippen MR) is 110 cm³/mol. The van der Waals surface area contributed by atoms with E-state index in [0.29, 0.717) is 6.04 Å². The highest BCUT2D eigenvalue weighted by Gasteiger charge is 2.14. The van der Waals surface area contributed by atoms with Crippen molar-refractivity contribution < 1.29 is 9.47 Å². The Labute approximate surface area is 166 Å². The molecule has 140 valence electrons. The molecule has 0 spiro atoms. The third-order valence-electron chi connectivity index (χ3n) is 4.52. The Bertz CT molecular complexity index is 817. The molecule has 0 aliphatic carbocycles. The Morgan fingerprint density at radius 1 is 0.889 bits per heavy atom. The Morgan fingerprint density at radius 2 is 1.59 bits per heavy atom. The summed E-state index contributed by atoms with van der Waals surface area (Å²) < 4.78 is 11.8. The van der Waals surface area contributed by atoms with Gasteiger partial charge in [-0.15, -0.1) is 12.4 Å². The number of halogens is 1. The first-order valence-electron chi connectivity index (χ1n) is 9.01. The predicted octanol–water partition coefficient (Wildman–Crippen LogP) is 5.09. The van der Waals surface area contributed by atoms with Crippen molar-refractivity contribution in [2.75, 3.05) is 13.2 Å². The van der Waals surface area contributed by atoms with Gasteiger partial charge in [0.15, 0.2) is 0 Å². The summed E-state index contributed by atoms with van der Waals surface area (Å²) in [5.74, 6) is 2.48. The minimum atomic E-state index is 0. The molecule has 4 nitrogen and oxygen atoms in total. The van der Waals surface area contributed by atoms with Gasteiger partial charge in [0.1, 0.15) is 23.9 Å². The van der Waals surface area contributed by atoms with E-state index in [1.165, 1.54) is 12.8 Å². The van der Waals surface area contributed by atoms with Crippen LogP contribution in [-0.4, -0.2) is 24.2 Å². The number of aromatic nitrogens is 1. The number of hydrogen-bond donors (Lipinski definition) is 1. The average Bonchev–Trinajstić information content (AvgIpc) is 3.22. The molecule has 0 radical (unpaired) electrons. The Morgan fingerprint density at radius 3 is 2.22 bits per heavy atom. The molecule has 2 heterocycles. The van der Waals surface area contributed by atoms with E-state index >= 15 is 0 Å². The maximum atomic E-state index is 5.92. The van der Waals surface area contributed by atoms with Crippen molar-refractivity contribution in [1.82, 2.24) is 10.3 Å². The molecular formula is C22H23ClN2O2. The molecule has 0 saturated carbocycles. The lowest BCUT2D eigenvalue weighted by molar-refractivity contribution is 0.277. The quantitative estimate of drug-likeness (QED) is 0.644. The monoisotopic (exact) mass is 382 g/mol. The van der Waals surface area contributed by atoms with Crippen LogP contribution in [0.15, 0.2) is 73.1 Å². The second-order valence-corrected chi connectivity index (χ2v) is 6.44. The summed E-state index contributed by atoms with van der Waals surface area (Å²) in [4.78, 5) is 4.15. The Kier molecular flexibility index (Phi) is 6.69. The minimum absolute atomic E-state index is 0. The number of pyridine rings is 1. The van der Waals surface area contributed by atoms with Gasteiger partial charge >= 0.3 is 0 Å². The van der Waals surface area contributed by atoms with E-state index in [0.717, 1.165) is 41.5 Å². The lowest BCUT2D eigenvalue weighted by atomic mass is 10.1. The summed E-state index contributed by atoms with van der Waals surface area (Å²) in [6, 6.07) is 20.3. The highest BCUT2D eigenvalue weighted by Crippen LogP contribution is 2.26. The van der Waals surface area contributed by atoms with Crippen LogP contribution in [0.1, 0.15) is 12.8 Å². The van der Waals surface area contributed by atoms with Crippen LogP contribution in [0.2, 0.25) is 0 Å². The van der Waals surface area contributed by atoms with Gasteiger partial charge in [-0.25, -0.2) is 0 Å². The molecular weight excluding hydrogens is 360 g/mol. The van der Waals surface area contributed by atoms with Crippen LogP contribution >= 0.6 is 12.4 Å². The van der Waals surface area contributed by atoms with E-state index in [9.17, 15) is 0 Å². The molecule has 1 N–H and O–H groups in total. The normalized spacial score (nSPS) is 15.8. The van der Waals surface area contributed by atoms with Gasteiger partial charge in [-0.1, -0.05) is 18.2 Å². The summed E-state index contributed by atoms with van der Waals surface area (Å²) in [5.41, 5.74) is 2.21. The Hall–Kier alpha value is -2.56. The summed E-state index contributed by atoms with van der Waals surface area (Å²) >= 11 is 0. The first-order valence-corrected chi connectivity index (χ1v) is 9.01. The number of rotatable bonds is 6. The maximum absolute atomic E-state index is 5.92. The van der Waals surface area contributed by atoms with E-state index in [4.69, 9.17) is 9.47 Å². The van der Waals surface area contributed by atoms with Crippen molar-refractivity contribution in [1.29, 1.82) is 0 Å². The van der Waals surface area contributed by atoms with Crippen molar-refractivity contribution in [2.45, 2.75) is 18.9 Å². The van der Waals surface area contributed by atoms with Gasteiger partial charge in [0.25, 0.3) is 0 Å². The van der Waals surface area contributed by atoms with Gasteiger partial charge in [-0.2, -0.15) is 0 Å². The molecule has 0 bridgehead atoms. The summed E-state index contributed by atoms with van der Waals surface area (Å²) in [5, 5.41) is 3.43. The molecule has 1 saturated heterocycles. The van der Waals surface area contributed by atoms with Crippen LogP contribution in [0.25, 0.3) is 11.1 Å². The van der Waals surface area contributed by atoms with Gasteiger partial charge in [0.2, 0.25) is 0 Å². The van der Waals surface area contributed by atoms with Gasteiger partial charge in [0, 0.05) is 18.4 Å². The zero-order valence-electron chi connectivity index (χ0n) is 15.0. The molecule has 1 aromatic heterocycles. The van der Waals surface area contributed by atoms with E-state index in [1.807, 2.05) is 66.9 Å². The van der Waals surface area contributed by atoms with E-state index in [2.05, 4.69) is 10.3 Å². The third-order valence-corrected chi connectivity index (χ3v) is 4.52. The molecule has 1 fully saturated rings. The van der Waals surface area contributed by atoms with Gasteiger partial charge in [0.05, 0.1) is 0 Å². The lowest BCUT2D eigenvalue weighted by Crippen LogP contribution is -2.28. The highest BCUT2D eigenvalue weighted by molar-refractivity contribution is 5.85. The number of nitrogens with zero attached hydrogens (tertiary/aromatic N) is 1. The molecule has 1 aliphatic rings. The molecule has 0 amide bonds. The fraction of sp³-hybridized carbons (Fsp3) is 0.227. The summed E-state index contributed by atoms with van der Waals surface area (Å²) in [7, 11) is 0. The molecule has 1 aliphatic heterocycles. The lowest BCUT2D eigenvalue weighted by Gasteiger charge is -2.12. The molecule has 27 heavy (non-hydrogen) atoms. The molecule has 4 rings (SSSR count). The van der Waals surface area contributed by atoms with E-state index < -0.39 is 0 Å². The van der Waals surface area contributed by atoms with Crippen LogP contribution in [-0.2, 0) is 0 Å². The standard InChI is InChI=1S/C22H22N2O2.ClH/c1-3-18(15-23-13-1)17-5-7-21(8-6-17)26-22-11-9-20(10-12-22)25-16-19-4-2-14-24-19;/h1,3,5-13,15,19,24H,2,4,14,16H2;1H. The highest BCUT2D eigenvalue weighted by atomic mass is 35.5. The van der Waals surface area contributed by atoms with Crippen molar-refractivity contribution in [3.63, 3.8) is 0 Å². The summed E-state index contributed by atoms with van der Waals surface area (Å²) in [6.07, 6.45) is 6.06. The number of benzene rings is 2. The molecule has 1 atom stereocenters. The zero-order chi connectivity index (χ0) is 17.6. The van der Waals surface area contributed by atoms with Crippen molar-refractivity contribution >= 4 is 12.4 Å². The SMILES string of the molecule is Cl.c1cncc(-c2ccc(Oc3ccc(OCC4CCCN4)cc3)cc2)c1. The zero-order valence-corrected chi connectivity index (χ0v) is 15.8. The number of hydrogen-bond acceptors (Lipinski definition) is 4. The maximum Gasteiger partial charge on any atom is 0.127 e. The number of ether oxygens (including phenoxy) is 2. The van der Waals surface area contributed by atoms with E-state index in [1.54, 1.807) is 6.20 Å². The molecule has 5 heteroatoms. The van der Waals surface area contributed by atoms with Gasteiger partial charge in [-0.3, -0.25) is 4.98 Å². The van der Waals surface area contributed by atoms with Crippen LogP contribution in [0, 0.1) is 0 Å². The smallest absolute Gasteiger partial charge is 0.127 e. The number of nitrogens with one attached hydrogen (secondary N) is 1. The van der Waals surface area contributed by atoms with Crippen LogP contribution in [0.3, 0.4) is 0 Å². The fourth-order valence-corrected chi connectivity index (χ4v) is 3.08. The van der Waals surface area contributed by atoms with Crippen molar-refractivity contribution in [3.05, 3.63) is 73.1 Å². The first kappa shape index (κ1) is 19.2. The van der Waals surface area contributed by atoms with Crippen molar-refractivity contribution in [2.24, 2.45) is 0 Å². The first-order chi connectivity index (χ1) is 12.9. The second kappa shape index (κ2) is 9.40. The van der Waals surface area contributed by atoms with Crippen LogP contribution in [0.5, 0.6) is 17.2 Å². The van der Waals surface area contributed by atoms with Crippen LogP contribution in [0.4, 0.5) is 0 Å². The Balaban J connectivity index is 0.00000210. The van der Waals surface area contributed by atoms with Crippen LogP contribution < -0.4 is 14.8 Å². The minimum Gasteiger partial charge on any atom is -0.492 e. The molecule has 2 aromatic carbocycles.